The lowest BCUT2D eigenvalue weighted by atomic mass is 10.1. The lowest BCUT2D eigenvalue weighted by Gasteiger charge is -2.08. The number of benzene rings is 1. The van der Waals surface area contributed by atoms with Gasteiger partial charge in [-0.1, -0.05) is 12.1 Å². The number of hydrogen-bond donors (Lipinski definition) is 2. The van der Waals surface area contributed by atoms with Gasteiger partial charge in [0.25, 0.3) is 0 Å². The number of carbonyl (C=O) groups excluding carboxylic acids is 1. The number of nitrogens with two attached hydrogens (primary N) is 1. The summed E-state index contributed by atoms with van der Waals surface area (Å²) in [7, 11) is 0. The molecule has 7 nitrogen and oxygen atoms in total. The molecule has 1 amide bonds. The van der Waals surface area contributed by atoms with Crippen molar-refractivity contribution in [2.75, 3.05) is 5.32 Å². The van der Waals surface area contributed by atoms with Crippen molar-refractivity contribution in [2.24, 2.45) is 5.73 Å². The van der Waals surface area contributed by atoms with Gasteiger partial charge in [-0.05, 0) is 42.8 Å². The topological polar surface area (TPSA) is 98.7 Å². The van der Waals surface area contributed by atoms with Gasteiger partial charge >= 0.3 is 0 Å². The minimum absolute atomic E-state index is 0. The molecule has 3 N–H and O–H groups in total. The fourth-order valence-electron chi connectivity index (χ4n) is 1.94. The normalized spacial score (nSPS) is 11.6. The fraction of sp³-hybridized carbons (Fsp3) is 0.429. The molecule has 8 heteroatoms. The van der Waals surface area contributed by atoms with Crippen molar-refractivity contribution in [3.05, 3.63) is 24.3 Å². The first kappa shape index (κ1) is 18.1. The average molecular weight is 325 g/mol. The van der Waals surface area contributed by atoms with E-state index in [2.05, 4.69) is 20.8 Å². The Kier molecular flexibility index (Phi) is 6.94. The SMILES string of the molecule is CCn1nnnc1-c1cccc(NC(=O)CCC(C)N)c1.Cl. The molecule has 1 atom stereocenters. The van der Waals surface area contributed by atoms with Crippen LogP contribution in [0, 0.1) is 0 Å². The van der Waals surface area contributed by atoms with Crippen LogP contribution in [0.15, 0.2) is 24.3 Å². The Balaban J connectivity index is 0.00000242. The van der Waals surface area contributed by atoms with E-state index in [9.17, 15) is 4.79 Å². The highest BCUT2D eigenvalue weighted by Gasteiger charge is 2.09. The van der Waals surface area contributed by atoms with E-state index in [0.29, 0.717) is 25.2 Å². The van der Waals surface area contributed by atoms with Gasteiger partial charge in [-0.2, -0.15) is 0 Å². The van der Waals surface area contributed by atoms with E-state index in [1.807, 2.05) is 38.1 Å². The summed E-state index contributed by atoms with van der Waals surface area (Å²) in [5, 5.41) is 14.4. The molecule has 0 aliphatic heterocycles. The monoisotopic (exact) mass is 324 g/mol. The Morgan fingerprint density at radius 3 is 2.91 bits per heavy atom. The zero-order valence-corrected chi connectivity index (χ0v) is 13.5. The zero-order valence-electron chi connectivity index (χ0n) is 12.7. The summed E-state index contributed by atoms with van der Waals surface area (Å²) in [6.45, 7) is 4.55. The molecule has 0 spiro atoms. The second-order valence-electron chi connectivity index (χ2n) is 4.96. The van der Waals surface area contributed by atoms with Crippen molar-refractivity contribution < 1.29 is 4.79 Å². The minimum Gasteiger partial charge on any atom is -0.328 e. The smallest absolute Gasteiger partial charge is 0.224 e. The van der Waals surface area contributed by atoms with Gasteiger partial charge in [0.05, 0.1) is 0 Å². The molecule has 0 radical (unpaired) electrons. The van der Waals surface area contributed by atoms with E-state index in [0.717, 1.165) is 11.3 Å². The highest BCUT2D eigenvalue weighted by atomic mass is 35.5. The second-order valence-corrected chi connectivity index (χ2v) is 4.96. The number of hydrogen-bond acceptors (Lipinski definition) is 5. The molecule has 2 aromatic rings. The highest BCUT2D eigenvalue weighted by molar-refractivity contribution is 5.91. The maximum Gasteiger partial charge on any atom is 0.224 e. The number of rotatable bonds is 6. The number of tetrazole rings is 1. The number of nitrogens with one attached hydrogen (secondary N) is 1. The highest BCUT2D eigenvalue weighted by Crippen LogP contribution is 2.20. The van der Waals surface area contributed by atoms with Gasteiger partial charge in [-0.25, -0.2) is 4.68 Å². The van der Waals surface area contributed by atoms with Crippen LogP contribution in [0.3, 0.4) is 0 Å². The molecule has 0 saturated carbocycles. The van der Waals surface area contributed by atoms with Crippen LogP contribution in [-0.2, 0) is 11.3 Å². The van der Waals surface area contributed by atoms with E-state index in [1.54, 1.807) is 4.68 Å². The van der Waals surface area contributed by atoms with Gasteiger partial charge in [0, 0.05) is 30.3 Å². The van der Waals surface area contributed by atoms with Crippen LogP contribution in [0.25, 0.3) is 11.4 Å². The van der Waals surface area contributed by atoms with Gasteiger partial charge in [0.2, 0.25) is 5.91 Å². The zero-order chi connectivity index (χ0) is 15.2. The van der Waals surface area contributed by atoms with Crippen LogP contribution in [-0.4, -0.2) is 32.2 Å². The predicted molar refractivity (Wildman–Crippen MR) is 87.7 cm³/mol. The van der Waals surface area contributed by atoms with Crippen molar-refractivity contribution in [3.8, 4) is 11.4 Å². The quantitative estimate of drug-likeness (QED) is 0.844. The van der Waals surface area contributed by atoms with Crippen molar-refractivity contribution in [1.29, 1.82) is 0 Å². The maximum absolute atomic E-state index is 11.8. The molecular weight excluding hydrogens is 304 g/mol. The van der Waals surface area contributed by atoms with Gasteiger partial charge in [-0.15, -0.1) is 17.5 Å². The van der Waals surface area contributed by atoms with E-state index >= 15 is 0 Å². The lowest BCUT2D eigenvalue weighted by molar-refractivity contribution is -0.116. The standard InChI is InChI=1S/C14H20N6O.ClH/c1-3-20-14(17-18-19-20)11-5-4-6-12(9-11)16-13(21)8-7-10(2)15;/h4-6,9-10H,3,7-8,15H2,1-2H3,(H,16,21);1H. The number of halogens is 1. The Labute approximate surface area is 135 Å². The third-order valence-electron chi connectivity index (χ3n) is 3.06. The molecule has 0 saturated heterocycles. The summed E-state index contributed by atoms with van der Waals surface area (Å²) >= 11 is 0. The van der Waals surface area contributed by atoms with Crippen LogP contribution < -0.4 is 11.1 Å². The molecule has 0 fully saturated rings. The third-order valence-corrected chi connectivity index (χ3v) is 3.06. The van der Waals surface area contributed by atoms with Crippen LogP contribution in [0.1, 0.15) is 26.7 Å². The van der Waals surface area contributed by atoms with Crippen molar-refractivity contribution in [3.63, 3.8) is 0 Å². The maximum atomic E-state index is 11.8. The number of amides is 1. The Bertz CT molecular complexity index is 613. The number of anilines is 1. The average Bonchev–Trinajstić information content (AvgIpc) is 2.94. The van der Waals surface area contributed by atoms with Gasteiger partial charge in [0.15, 0.2) is 5.82 Å². The van der Waals surface area contributed by atoms with E-state index in [4.69, 9.17) is 5.73 Å². The first-order chi connectivity index (χ1) is 10.1. The molecule has 2 rings (SSSR count). The summed E-state index contributed by atoms with van der Waals surface area (Å²) < 4.78 is 1.71. The Morgan fingerprint density at radius 2 is 2.23 bits per heavy atom. The van der Waals surface area contributed by atoms with E-state index in [-0.39, 0.29) is 24.4 Å². The van der Waals surface area contributed by atoms with Crippen LogP contribution >= 0.6 is 12.4 Å². The van der Waals surface area contributed by atoms with Crippen molar-refractivity contribution in [1.82, 2.24) is 20.2 Å². The molecule has 0 aliphatic rings. The molecule has 1 heterocycles. The van der Waals surface area contributed by atoms with Gasteiger partial charge in [-0.3, -0.25) is 4.79 Å². The Morgan fingerprint density at radius 1 is 1.45 bits per heavy atom. The van der Waals surface area contributed by atoms with E-state index in [1.165, 1.54) is 0 Å². The summed E-state index contributed by atoms with van der Waals surface area (Å²) in [5.41, 5.74) is 7.25. The predicted octanol–water partition coefficient (Wildman–Crippen LogP) is 1.85. The molecular formula is C14H21ClN6O. The third kappa shape index (κ3) is 4.78. The van der Waals surface area contributed by atoms with Crippen molar-refractivity contribution in [2.45, 2.75) is 39.3 Å². The minimum atomic E-state index is -0.0421. The molecule has 1 unspecified atom stereocenters. The van der Waals surface area contributed by atoms with Crippen LogP contribution in [0.5, 0.6) is 0 Å². The van der Waals surface area contributed by atoms with Gasteiger partial charge < -0.3 is 11.1 Å². The first-order valence-corrected chi connectivity index (χ1v) is 7.02. The number of aryl methyl sites for hydroxylation is 1. The van der Waals surface area contributed by atoms with Crippen LogP contribution in [0.4, 0.5) is 5.69 Å². The molecule has 120 valence electrons. The Hall–Kier alpha value is -1.99. The lowest BCUT2D eigenvalue weighted by Crippen LogP contribution is -2.19. The summed E-state index contributed by atoms with van der Waals surface area (Å²) in [6.07, 6.45) is 1.08. The first-order valence-electron chi connectivity index (χ1n) is 7.02. The van der Waals surface area contributed by atoms with Crippen molar-refractivity contribution >= 4 is 24.0 Å². The number of aromatic nitrogens is 4. The van der Waals surface area contributed by atoms with E-state index < -0.39 is 0 Å². The molecule has 1 aromatic carbocycles. The van der Waals surface area contributed by atoms with Gasteiger partial charge in [0.1, 0.15) is 0 Å². The molecule has 22 heavy (non-hydrogen) atoms. The molecule has 1 aromatic heterocycles. The second kappa shape index (κ2) is 8.45. The summed E-state index contributed by atoms with van der Waals surface area (Å²) in [6, 6.07) is 7.51. The number of nitrogens with zero attached hydrogens (tertiary/aromatic N) is 4. The summed E-state index contributed by atoms with van der Waals surface area (Å²) in [4.78, 5) is 11.8. The molecule has 0 aliphatic carbocycles. The fourth-order valence-corrected chi connectivity index (χ4v) is 1.94. The number of carbonyl (C=O) groups is 1. The van der Waals surface area contributed by atoms with Crippen LogP contribution in [0.2, 0.25) is 0 Å². The largest absolute Gasteiger partial charge is 0.328 e. The molecule has 0 bridgehead atoms. The summed E-state index contributed by atoms with van der Waals surface area (Å²) in [5.74, 6) is 0.642.